The quantitative estimate of drug-likeness (QED) is 0.201. The molecule has 0 spiro atoms. The molecule has 222 valence electrons. The Hall–Kier alpha value is -2.69. The van der Waals surface area contributed by atoms with Crippen molar-refractivity contribution in [3.63, 3.8) is 0 Å². The monoisotopic (exact) mass is 570 g/mol. The summed E-state index contributed by atoms with van der Waals surface area (Å²) in [5, 5.41) is 18.4. The van der Waals surface area contributed by atoms with Crippen LogP contribution in [0.5, 0.6) is 0 Å². The molecule has 0 saturated heterocycles. The van der Waals surface area contributed by atoms with Gasteiger partial charge in [-0.3, -0.25) is 14.4 Å². The number of aliphatic hydroxyl groups excluding tert-OH is 1. The number of nitrogens with two attached hydrogens (primary N) is 1. The number of amides is 3. The Kier molecular flexibility index (Phi) is 16.6. The van der Waals surface area contributed by atoms with Crippen LogP contribution >= 0.6 is 12.4 Å². The third-order valence-electron chi connectivity index (χ3n) is 6.09. The van der Waals surface area contributed by atoms with Crippen LogP contribution in [0.15, 0.2) is 30.3 Å². The van der Waals surface area contributed by atoms with Crippen molar-refractivity contribution < 1.29 is 29.0 Å². The molecule has 0 radical (unpaired) electrons. The topological polar surface area (TPSA) is 160 Å². The van der Waals surface area contributed by atoms with Gasteiger partial charge in [-0.2, -0.15) is 0 Å². The lowest BCUT2D eigenvalue weighted by atomic mass is 9.97. The van der Waals surface area contributed by atoms with E-state index in [1.807, 2.05) is 58.0 Å². The van der Waals surface area contributed by atoms with Crippen LogP contribution in [0.2, 0.25) is 0 Å². The van der Waals surface area contributed by atoms with Crippen LogP contribution in [0.4, 0.5) is 0 Å². The number of carbonyl (C=O) groups is 4. The van der Waals surface area contributed by atoms with E-state index < -0.39 is 54.0 Å². The van der Waals surface area contributed by atoms with E-state index in [4.69, 9.17) is 10.5 Å². The summed E-state index contributed by atoms with van der Waals surface area (Å²) < 4.78 is 4.88. The number of benzene rings is 1. The zero-order chi connectivity index (χ0) is 29.0. The average Bonchev–Trinajstić information content (AvgIpc) is 2.84. The fourth-order valence-electron chi connectivity index (χ4n) is 4.06. The van der Waals surface area contributed by atoms with Gasteiger partial charge in [0.15, 0.2) is 0 Å². The minimum absolute atomic E-state index is 0. The van der Waals surface area contributed by atoms with Crippen LogP contribution in [-0.2, 0) is 30.3 Å². The molecular weight excluding hydrogens is 524 g/mol. The fourth-order valence-corrected chi connectivity index (χ4v) is 4.06. The van der Waals surface area contributed by atoms with Crippen LogP contribution in [0, 0.1) is 17.8 Å². The zero-order valence-corrected chi connectivity index (χ0v) is 24.9. The number of hydrogen-bond donors (Lipinski definition) is 5. The van der Waals surface area contributed by atoms with Gasteiger partial charge in [-0.25, -0.2) is 4.79 Å². The molecule has 1 aromatic carbocycles. The lowest BCUT2D eigenvalue weighted by Gasteiger charge is -2.28. The van der Waals surface area contributed by atoms with E-state index in [2.05, 4.69) is 16.0 Å². The highest BCUT2D eigenvalue weighted by Gasteiger charge is 2.33. The standard InChI is InChI=1S/C28H46N4O6.ClH/c1-16(2)13-20(29)24(33)27(36)30-21(14-17(3)4)25(34)32-23(18(5)6)26(35)31-22(28(37)38-7)15-19-11-9-8-10-12-19;/h8-12,16-18,20-24,33H,13-15,29H2,1-7H3,(H,30,36)(H,31,35)(H,32,34);1H/t20-,21+,22-,23-,24+;/m0./s1. The Morgan fingerprint density at radius 3 is 1.85 bits per heavy atom. The van der Waals surface area contributed by atoms with Crippen molar-refractivity contribution >= 4 is 36.1 Å². The van der Waals surface area contributed by atoms with Gasteiger partial charge in [0.25, 0.3) is 5.91 Å². The number of methoxy groups -OCH3 is 1. The van der Waals surface area contributed by atoms with Crippen molar-refractivity contribution in [1.29, 1.82) is 0 Å². The van der Waals surface area contributed by atoms with Crippen molar-refractivity contribution in [3.8, 4) is 0 Å². The predicted molar refractivity (Wildman–Crippen MR) is 153 cm³/mol. The molecule has 1 aromatic rings. The highest BCUT2D eigenvalue weighted by Crippen LogP contribution is 2.12. The Morgan fingerprint density at radius 1 is 0.821 bits per heavy atom. The number of esters is 1. The summed E-state index contributed by atoms with van der Waals surface area (Å²) >= 11 is 0. The third kappa shape index (κ3) is 12.8. The molecule has 39 heavy (non-hydrogen) atoms. The fraction of sp³-hybridized carbons (Fsp3) is 0.643. The highest BCUT2D eigenvalue weighted by atomic mass is 35.5. The van der Waals surface area contributed by atoms with E-state index >= 15 is 0 Å². The molecule has 5 atom stereocenters. The lowest BCUT2D eigenvalue weighted by molar-refractivity contribution is -0.145. The first-order chi connectivity index (χ1) is 17.8. The summed E-state index contributed by atoms with van der Waals surface area (Å²) in [7, 11) is 1.24. The number of halogens is 1. The SMILES string of the molecule is COC(=O)[C@H](Cc1ccccc1)NC(=O)[C@@H](NC(=O)[C@@H](CC(C)C)NC(=O)[C@H](O)[C@@H](N)CC(C)C)C(C)C.Cl. The Morgan fingerprint density at radius 2 is 1.36 bits per heavy atom. The lowest BCUT2D eigenvalue weighted by Crippen LogP contribution is -2.59. The molecule has 0 fully saturated rings. The van der Waals surface area contributed by atoms with Gasteiger partial charge >= 0.3 is 5.97 Å². The van der Waals surface area contributed by atoms with E-state index in [1.54, 1.807) is 13.8 Å². The van der Waals surface area contributed by atoms with Crippen LogP contribution in [0.1, 0.15) is 59.9 Å². The van der Waals surface area contributed by atoms with E-state index in [0.717, 1.165) is 5.56 Å². The largest absolute Gasteiger partial charge is 0.467 e. The second-order valence-electron chi connectivity index (χ2n) is 10.9. The molecule has 10 nitrogen and oxygen atoms in total. The van der Waals surface area contributed by atoms with Crippen LogP contribution in [-0.4, -0.2) is 66.2 Å². The minimum Gasteiger partial charge on any atom is -0.467 e. The van der Waals surface area contributed by atoms with Crippen LogP contribution in [0.25, 0.3) is 0 Å². The molecule has 3 amide bonds. The van der Waals surface area contributed by atoms with Gasteiger partial charge in [-0.15, -0.1) is 12.4 Å². The molecule has 11 heteroatoms. The maximum absolute atomic E-state index is 13.3. The highest BCUT2D eigenvalue weighted by molar-refractivity contribution is 5.94. The Bertz CT molecular complexity index is 913. The summed E-state index contributed by atoms with van der Waals surface area (Å²) in [6.07, 6.45) is -0.522. The van der Waals surface area contributed by atoms with Gasteiger partial charge in [0.1, 0.15) is 24.2 Å². The van der Waals surface area contributed by atoms with Crippen LogP contribution < -0.4 is 21.7 Å². The van der Waals surface area contributed by atoms with E-state index in [1.165, 1.54) is 7.11 Å². The maximum atomic E-state index is 13.3. The van der Waals surface area contributed by atoms with Gasteiger partial charge in [-0.1, -0.05) is 71.9 Å². The summed E-state index contributed by atoms with van der Waals surface area (Å²) in [4.78, 5) is 51.6. The minimum atomic E-state index is -1.47. The Labute approximate surface area is 238 Å². The Balaban J connectivity index is 0.0000144. The first kappa shape index (κ1) is 36.3. The molecule has 0 aromatic heterocycles. The normalized spacial score (nSPS) is 15.0. The van der Waals surface area contributed by atoms with Gasteiger partial charge in [0, 0.05) is 12.5 Å². The van der Waals surface area contributed by atoms with Crippen LogP contribution in [0.3, 0.4) is 0 Å². The molecule has 0 bridgehead atoms. The van der Waals surface area contributed by atoms with Gasteiger partial charge < -0.3 is 31.5 Å². The van der Waals surface area contributed by atoms with E-state index in [0.29, 0.717) is 6.42 Å². The molecule has 0 unspecified atom stereocenters. The molecule has 1 rings (SSSR count). The maximum Gasteiger partial charge on any atom is 0.328 e. The smallest absolute Gasteiger partial charge is 0.328 e. The number of carbonyl (C=O) groups excluding carboxylic acids is 4. The number of ether oxygens (including phenoxy) is 1. The summed E-state index contributed by atoms with van der Waals surface area (Å²) in [6, 6.07) is 5.50. The van der Waals surface area contributed by atoms with E-state index in [9.17, 15) is 24.3 Å². The molecule has 0 heterocycles. The predicted octanol–water partition coefficient (Wildman–Crippen LogP) is 1.71. The van der Waals surface area contributed by atoms with Crippen molar-refractivity contribution in [2.45, 2.75) is 91.1 Å². The van der Waals surface area contributed by atoms with Gasteiger partial charge in [0.05, 0.1) is 7.11 Å². The number of rotatable bonds is 15. The van der Waals surface area contributed by atoms with Crippen molar-refractivity contribution in [2.24, 2.45) is 23.5 Å². The average molecular weight is 571 g/mol. The third-order valence-corrected chi connectivity index (χ3v) is 6.09. The van der Waals surface area contributed by atoms with Crippen molar-refractivity contribution in [3.05, 3.63) is 35.9 Å². The first-order valence-electron chi connectivity index (χ1n) is 13.2. The summed E-state index contributed by atoms with van der Waals surface area (Å²) in [6.45, 7) is 11.2. The molecule has 0 saturated carbocycles. The number of hydrogen-bond acceptors (Lipinski definition) is 7. The summed E-state index contributed by atoms with van der Waals surface area (Å²) in [5.74, 6) is -2.56. The molecule has 0 aliphatic rings. The van der Waals surface area contributed by atoms with Gasteiger partial charge in [-0.05, 0) is 36.2 Å². The van der Waals surface area contributed by atoms with Crippen molar-refractivity contribution in [1.82, 2.24) is 16.0 Å². The van der Waals surface area contributed by atoms with E-state index in [-0.39, 0.29) is 43.0 Å². The number of aliphatic hydroxyl groups is 1. The molecule has 6 N–H and O–H groups in total. The summed E-state index contributed by atoms with van der Waals surface area (Å²) in [5.41, 5.74) is 6.80. The molecular formula is C28H47ClN4O6. The second kappa shape index (κ2) is 17.8. The first-order valence-corrected chi connectivity index (χ1v) is 13.2. The second-order valence-corrected chi connectivity index (χ2v) is 10.9. The number of nitrogens with one attached hydrogen (secondary N) is 3. The zero-order valence-electron chi connectivity index (χ0n) is 24.1. The van der Waals surface area contributed by atoms with Gasteiger partial charge in [0.2, 0.25) is 11.8 Å². The molecule has 0 aliphatic heterocycles. The van der Waals surface area contributed by atoms with Crippen molar-refractivity contribution in [2.75, 3.05) is 7.11 Å². The molecule has 0 aliphatic carbocycles.